The minimum absolute atomic E-state index is 0. The van der Waals surface area contributed by atoms with E-state index in [0.29, 0.717) is 24.2 Å². The third-order valence-electron chi connectivity index (χ3n) is 5.12. The maximum absolute atomic E-state index is 12.4. The molecule has 166 valence electrons. The van der Waals surface area contributed by atoms with Crippen molar-refractivity contribution in [3.05, 3.63) is 70.3 Å². The van der Waals surface area contributed by atoms with Crippen LogP contribution in [0.1, 0.15) is 25.0 Å². The highest BCUT2D eigenvalue weighted by Gasteiger charge is 2.07. The normalized spacial score (nSPS) is 10.8. The van der Waals surface area contributed by atoms with Crippen LogP contribution >= 0.6 is 0 Å². The fourth-order valence-corrected chi connectivity index (χ4v) is 3.33. The summed E-state index contributed by atoms with van der Waals surface area (Å²) in [5.41, 5.74) is 2.74. The zero-order chi connectivity index (χ0) is 22.2. The van der Waals surface area contributed by atoms with Crippen molar-refractivity contribution in [1.82, 2.24) is 5.32 Å². The minimum Gasteiger partial charge on any atom is -1.00 e. The summed E-state index contributed by atoms with van der Waals surface area (Å²) in [6.45, 7) is 7.16. The van der Waals surface area contributed by atoms with E-state index in [1.54, 1.807) is 6.08 Å². The van der Waals surface area contributed by atoms with Crippen molar-refractivity contribution in [2.24, 2.45) is 0 Å². The summed E-state index contributed by atoms with van der Waals surface area (Å²) in [6, 6.07) is 11.7. The number of carbonyl (C=O) groups is 1. The van der Waals surface area contributed by atoms with Gasteiger partial charge in [-0.1, -0.05) is 6.08 Å². The number of benzene rings is 1. The van der Waals surface area contributed by atoms with E-state index in [0.717, 1.165) is 29.7 Å². The highest BCUT2D eigenvalue weighted by Crippen LogP contribution is 2.22. The summed E-state index contributed by atoms with van der Waals surface area (Å²) in [5.74, 6) is -0.168. The van der Waals surface area contributed by atoms with Gasteiger partial charge in [-0.05, 0) is 50.0 Å². The molecule has 0 aliphatic heterocycles. The van der Waals surface area contributed by atoms with Crippen LogP contribution in [0, 0.1) is 0 Å². The summed E-state index contributed by atoms with van der Waals surface area (Å²) >= 11 is 0. The molecule has 1 aromatic carbocycles. The highest BCUT2D eigenvalue weighted by atomic mass is 79.9. The zero-order valence-electron chi connectivity index (χ0n) is 18.4. The molecule has 0 aliphatic rings. The summed E-state index contributed by atoms with van der Waals surface area (Å²) in [5, 5.41) is 3.62. The summed E-state index contributed by atoms with van der Waals surface area (Å²) in [6.07, 6.45) is 7.49. The molecule has 32 heavy (non-hydrogen) atoms. The van der Waals surface area contributed by atoms with E-state index in [4.69, 9.17) is 12.3 Å². The molecule has 8 heteroatoms. The summed E-state index contributed by atoms with van der Waals surface area (Å²) < 4.78 is 7.54. The van der Waals surface area contributed by atoms with Gasteiger partial charge in [0.2, 0.25) is 5.91 Å². The molecule has 0 saturated heterocycles. The average molecular weight is 496 g/mol. The Morgan fingerprint density at radius 2 is 1.84 bits per heavy atom. The van der Waals surface area contributed by atoms with Crippen LogP contribution in [0.4, 0.5) is 5.69 Å². The van der Waals surface area contributed by atoms with Crippen molar-refractivity contribution in [2.45, 2.75) is 26.7 Å². The third kappa shape index (κ3) is 6.56. The highest BCUT2D eigenvalue weighted by molar-refractivity contribution is 6.19. The van der Waals surface area contributed by atoms with Gasteiger partial charge in [0.25, 0.3) is 0 Å². The predicted molar refractivity (Wildman–Crippen MR) is 125 cm³/mol. The van der Waals surface area contributed by atoms with Crippen LogP contribution in [-0.2, 0) is 11.3 Å². The number of hydrogen-bond acceptors (Lipinski definition) is 4. The Labute approximate surface area is 200 Å². The number of halogens is 1. The first-order valence-corrected chi connectivity index (χ1v) is 10.5. The van der Waals surface area contributed by atoms with Gasteiger partial charge in [-0.2, -0.15) is 0 Å². The quantitative estimate of drug-likeness (QED) is 0.254. The Bertz CT molecular complexity index is 1130. The lowest BCUT2D eigenvalue weighted by Crippen LogP contribution is -3.00. The average Bonchev–Trinajstić information content (AvgIpc) is 2.79. The fraction of sp³-hybridized carbons (Fsp3) is 0.292. The van der Waals surface area contributed by atoms with E-state index in [9.17, 15) is 9.59 Å². The van der Waals surface area contributed by atoms with Gasteiger partial charge in [0.05, 0.1) is 20.0 Å². The first kappa shape index (κ1) is 25.4. The first-order chi connectivity index (χ1) is 15.0. The van der Waals surface area contributed by atoms with Crippen LogP contribution in [0.3, 0.4) is 0 Å². The number of rotatable bonds is 9. The fourth-order valence-electron chi connectivity index (χ4n) is 3.33. The predicted octanol–water partition coefficient (Wildman–Crippen LogP) is -0.196. The van der Waals surface area contributed by atoms with Gasteiger partial charge in [-0.15, -0.1) is 0 Å². The number of carbonyl (C=O) groups excluding carboxylic acids is 1. The van der Waals surface area contributed by atoms with Crippen LogP contribution in [0.5, 0.6) is 0 Å². The standard InChI is InChI=1S/C24H26BN3O3.BrH/c1-3-28(4-2)21-8-7-19-15-20(24(30)31-22(19)16-21)6-5-18-9-12-27(13-10-18)14-11-26-23(29)17-25;/h5-10,12-13,15-16H,3-4,11,14,17H2,1-2H3;1H. The lowest BCUT2D eigenvalue weighted by molar-refractivity contribution is -0.694. The van der Waals surface area contributed by atoms with Crippen LogP contribution in [0.2, 0.25) is 6.32 Å². The van der Waals surface area contributed by atoms with Gasteiger partial charge in [0, 0.05) is 42.4 Å². The van der Waals surface area contributed by atoms with Crippen molar-refractivity contribution in [3.63, 3.8) is 0 Å². The Morgan fingerprint density at radius 3 is 2.50 bits per heavy atom. The molecule has 0 aliphatic carbocycles. The second-order valence-electron chi connectivity index (χ2n) is 7.14. The van der Waals surface area contributed by atoms with Crippen molar-refractivity contribution < 1.29 is 30.8 Å². The minimum atomic E-state index is -0.359. The van der Waals surface area contributed by atoms with Gasteiger partial charge in [0.15, 0.2) is 18.9 Å². The van der Waals surface area contributed by atoms with E-state index in [1.807, 2.05) is 53.4 Å². The number of fused-ring (bicyclic) bond motifs is 1. The molecule has 2 radical (unpaired) electrons. The zero-order valence-corrected chi connectivity index (χ0v) is 20.0. The molecule has 6 nitrogen and oxygen atoms in total. The third-order valence-corrected chi connectivity index (χ3v) is 5.12. The van der Waals surface area contributed by atoms with E-state index < -0.39 is 0 Å². The topological polar surface area (TPSA) is 66.4 Å². The van der Waals surface area contributed by atoms with Crippen molar-refractivity contribution >= 4 is 42.6 Å². The number of nitrogens with zero attached hydrogens (tertiary/aromatic N) is 2. The van der Waals surface area contributed by atoms with E-state index in [-0.39, 0.29) is 34.8 Å². The number of amides is 1. The molecule has 2 heterocycles. The van der Waals surface area contributed by atoms with Crippen molar-refractivity contribution in [2.75, 3.05) is 24.5 Å². The maximum atomic E-state index is 12.4. The molecule has 1 amide bonds. The summed E-state index contributed by atoms with van der Waals surface area (Å²) in [4.78, 5) is 25.8. The van der Waals surface area contributed by atoms with Crippen LogP contribution in [-0.4, -0.2) is 33.4 Å². The maximum Gasteiger partial charge on any atom is 0.343 e. The Hall–Kier alpha value is -2.87. The van der Waals surface area contributed by atoms with Gasteiger partial charge in [0.1, 0.15) is 5.58 Å². The van der Waals surface area contributed by atoms with E-state index >= 15 is 0 Å². The SMILES string of the molecule is [B]CC(=O)NCC[n+]1ccc(/C=C/c2cc3ccc(N(CC)CC)cc3oc2=O)cc1.[Br-]. The second-order valence-corrected chi connectivity index (χ2v) is 7.14. The first-order valence-electron chi connectivity index (χ1n) is 10.5. The van der Waals surface area contributed by atoms with Gasteiger partial charge < -0.3 is 31.6 Å². The molecule has 0 atom stereocenters. The van der Waals surface area contributed by atoms with E-state index in [2.05, 4.69) is 30.1 Å². The molecule has 1 N–H and O–H groups in total. The molecule has 0 unspecified atom stereocenters. The molecule has 0 spiro atoms. The monoisotopic (exact) mass is 495 g/mol. The number of aromatic nitrogens is 1. The molecule has 0 fully saturated rings. The lowest BCUT2D eigenvalue weighted by atomic mass is 10.1. The van der Waals surface area contributed by atoms with E-state index in [1.165, 1.54) is 0 Å². The molecule has 0 bridgehead atoms. The van der Waals surface area contributed by atoms with Gasteiger partial charge in [-0.3, -0.25) is 4.79 Å². The number of anilines is 1. The Morgan fingerprint density at radius 1 is 1.12 bits per heavy atom. The molecular weight excluding hydrogens is 469 g/mol. The molecular formula is C24H27BBrN3O3. The second kappa shape index (κ2) is 12.2. The number of nitrogens with one attached hydrogen (secondary N) is 1. The molecule has 3 rings (SSSR count). The van der Waals surface area contributed by atoms with Gasteiger partial charge in [-0.25, -0.2) is 9.36 Å². The molecule has 0 saturated carbocycles. The van der Waals surface area contributed by atoms with Gasteiger partial charge >= 0.3 is 5.63 Å². The lowest BCUT2D eigenvalue weighted by Gasteiger charge is -2.20. The number of hydrogen-bond donors (Lipinski definition) is 1. The Balaban J connectivity index is 0.00000363. The molecule has 2 aromatic heterocycles. The van der Waals surface area contributed by atoms with Crippen molar-refractivity contribution in [1.29, 1.82) is 0 Å². The van der Waals surface area contributed by atoms with Crippen LogP contribution in [0.15, 0.2) is 58.0 Å². The Kier molecular flexibility index (Phi) is 9.72. The molecule has 3 aromatic rings. The van der Waals surface area contributed by atoms with Crippen LogP contribution in [0.25, 0.3) is 23.1 Å². The van der Waals surface area contributed by atoms with Crippen molar-refractivity contribution in [3.8, 4) is 0 Å². The smallest absolute Gasteiger partial charge is 0.343 e. The summed E-state index contributed by atoms with van der Waals surface area (Å²) in [7, 11) is 5.27. The van der Waals surface area contributed by atoms with Crippen LogP contribution < -0.4 is 37.4 Å². The largest absolute Gasteiger partial charge is 1.00 e. The number of pyridine rings is 1.